The monoisotopic (exact) mass is 433 g/mol. The van der Waals surface area contributed by atoms with E-state index in [0.29, 0.717) is 18.8 Å². The average molecular weight is 434 g/mol. The van der Waals surface area contributed by atoms with Gasteiger partial charge < -0.3 is 9.47 Å². The second-order valence-electron chi connectivity index (χ2n) is 8.11. The molecule has 1 aromatic carbocycles. The lowest BCUT2D eigenvalue weighted by molar-refractivity contribution is -0.384. The number of nitrogens with zero attached hydrogens (tertiary/aromatic N) is 5. The third-order valence-corrected chi connectivity index (χ3v) is 7.15. The lowest BCUT2D eigenvalue weighted by atomic mass is 10.1. The average Bonchev–Trinajstić information content (AvgIpc) is 3.02. The molecule has 2 aliphatic heterocycles. The second-order valence-corrected chi connectivity index (χ2v) is 10.1. The highest BCUT2D eigenvalue weighted by Gasteiger charge is 2.27. The molecule has 10 heteroatoms. The molecule has 1 fully saturated rings. The quantitative estimate of drug-likeness (QED) is 0.526. The third kappa shape index (κ3) is 4.06. The molecule has 3 heterocycles. The van der Waals surface area contributed by atoms with Gasteiger partial charge in [-0.3, -0.25) is 15.0 Å². The van der Waals surface area contributed by atoms with Gasteiger partial charge in [0.25, 0.3) is 5.69 Å². The predicted molar refractivity (Wildman–Crippen MR) is 114 cm³/mol. The van der Waals surface area contributed by atoms with Gasteiger partial charge in [0, 0.05) is 58.0 Å². The van der Waals surface area contributed by atoms with Crippen molar-refractivity contribution in [2.45, 2.75) is 44.2 Å². The zero-order valence-corrected chi connectivity index (χ0v) is 18.2. The SMILES string of the molecule is Cc1nc2n(c1CN1CCN(c3ccc(S(C)(=O)=O)cc3[N+](=O)[O-])CC1)CCCC2. The van der Waals surface area contributed by atoms with Gasteiger partial charge in [0.15, 0.2) is 9.84 Å². The Hall–Kier alpha value is -2.46. The number of piperazine rings is 1. The van der Waals surface area contributed by atoms with Crippen LogP contribution >= 0.6 is 0 Å². The number of benzene rings is 1. The Kier molecular flexibility index (Phi) is 5.54. The Labute approximate surface area is 176 Å². The molecule has 0 atom stereocenters. The number of nitro groups is 1. The summed E-state index contributed by atoms with van der Waals surface area (Å²) < 4.78 is 25.9. The zero-order chi connectivity index (χ0) is 21.5. The Bertz CT molecular complexity index is 1070. The molecular formula is C20H27N5O4S. The first-order valence-corrected chi connectivity index (χ1v) is 12.1. The molecule has 0 saturated carbocycles. The molecule has 0 amide bonds. The maximum absolute atomic E-state index is 11.8. The van der Waals surface area contributed by atoms with Gasteiger partial charge >= 0.3 is 0 Å². The summed E-state index contributed by atoms with van der Waals surface area (Å²) in [6, 6.07) is 4.17. The van der Waals surface area contributed by atoms with Crippen LogP contribution in [0.2, 0.25) is 0 Å². The number of sulfone groups is 1. The van der Waals surface area contributed by atoms with Gasteiger partial charge in [0.1, 0.15) is 11.5 Å². The number of fused-ring (bicyclic) bond motifs is 1. The minimum atomic E-state index is -3.50. The van der Waals surface area contributed by atoms with E-state index in [9.17, 15) is 18.5 Å². The van der Waals surface area contributed by atoms with Crippen LogP contribution in [0.15, 0.2) is 23.1 Å². The van der Waals surface area contributed by atoms with E-state index >= 15 is 0 Å². The van der Waals surface area contributed by atoms with Crippen LogP contribution in [-0.2, 0) is 29.3 Å². The van der Waals surface area contributed by atoms with Crippen molar-refractivity contribution in [2.24, 2.45) is 0 Å². The van der Waals surface area contributed by atoms with Crippen molar-refractivity contribution in [3.05, 3.63) is 45.5 Å². The summed E-state index contributed by atoms with van der Waals surface area (Å²) in [4.78, 5) is 20.1. The molecule has 30 heavy (non-hydrogen) atoms. The van der Waals surface area contributed by atoms with Crippen molar-refractivity contribution in [2.75, 3.05) is 37.3 Å². The van der Waals surface area contributed by atoms with Crippen LogP contribution in [0.3, 0.4) is 0 Å². The number of rotatable bonds is 5. The van der Waals surface area contributed by atoms with E-state index in [1.807, 2.05) is 4.90 Å². The van der Waals surface area contributed by atoms with E-state index in [-0.39, 0.29) is 10.6 Å². The number of hydrogen-bond donors (Lipinski definition) is 0. The predicted octanol–water partition coefficient (Wildman–Crippen LogP) is 2.16. The largest absolute Gasteiger partial charge is 0.363 e. The topological polar surface area (TPSA) is 102 Å². The maximum Gasteiger partial charge on any atom is 0.293 e. The highest BCUT2D eigenvalue weighted by atomic mass is 32.2. The van der Waals surface area contributed by atoms with E-state index in [1.54, 1.807) is 6.07 Å². The molecule has 0 aliphatic carbocycles. The van der Waals surface area contributed by atoms with Crippen molar-refractivity contribution < 1.29 is 13.3 Å². The molecule has 9 nitrogen and oxygen atoms in total. The Morgan fingerprint density at radius 3 is 2.53 bits per heavy atom. The first kappa shape index (κ1) is 20.8. The van der Waals surface area contributed by atoms with Crippen molar-refractivity contribution in [1.29, 1.82) is 0 Å². The first-order chi connectivity index (χ1) is 14.2. The normalized spacial score (nSPS) is 17.7. The summed E-state index contributed by atoms with van der Waals surface area (Å²) in [6.07, 6.45) is 4.49. The summed E-state index contributed by atoms with van der Waals surface area (Å²) >= 11 is 0. The highest BCUT2D eigenvalue weighted by Crippen LogP contribution is 2.32. The minimum Gasteiger partial charge on any atom is -0.363 e. The Morgan fingerprint density at radius 2 is 1.87 bits per heavy atom. The summed E-state index contributed by atoms with van der Waals surface area (Å²) in [5.74, 6) is 1.19. The standard InChI is InChI=1S/C20H27N5O4S/c1-15-19(24-8-4-3-5-20(24)21-15)14-22-9-11-23(12-10-22)17-7-6-16(30(2,28)29)13-18(17)25(26)27/h6-7,13H,3-5,8-12,14H2,1-2H3. The molecule has 162 valence electrons. The van der Waals surface area contributed by atoms with Crippen LogP contribution in [0, 0.1) is 17.0 Å². The van der Waals surface area contributed by atoms with Gasteiger partial charge in [-0.05, 0) is 31.9 Å². The van der Waals surface area contributed by atoms with Crippen molar-refractivity contribution in [3.8, 4) is 0 Å². The van der Waals surface area contributed by atoms with Gasteiger partial charge in [-0.25, -0.2) is 13.4 Å². The van der Waals surface area contributed by atoms with Crippen molar-refractivity contribution in [3.63, 3.8) is 0 Å². The number of aromatic nitrogens is 2. The smallest absolute Gasteiger partial charge is 0.293 e. The Balaban J connectivity index is 1.48. The molecule has 4 rings (SSSR count). The summed E-state index contributed by atoms with van der Waals surface area (Å²) in [5, 5.41) is 11.6. The fourth-order valence-electron chi connectivity index (χ4n) is 4.38. The minimum absolute atomic E-state index is 0.0300. The number of nitro benzene ring substituents is 1. The number of anilines is 1. The number of imidazole rings is 1. The molecule has 0 spiro atoms. The third-order valence-electron chi connectivity index (χ3n) is 6.04. The van der Waals surface area contributed by atoms with E-state index in [1.165, 1.54) is 36.5 Å². The molecule has 0 radical (unpaired) electrons. The van der Waals surface area contributed by atoms with Crippen molar-refractivity contribution >= 4 is 21.2 Å². The first-order valence-electron chi connectivity index (χ1n) is 10.2. The number of hydrogen-bond acceptors (Lipinski definition) is 7. The van der Waals surface area contributed by atoms with Gasteiger partial charge in [0.05, 0.1) is 21.2 Å². The molecular weight excluding hydrogens is 406 g/mol. The summed E-state index contributed by atoms with van der Waals surface area (Å²) in [6.45, 7) is 6.81. The van der Waals surface area contributed by atoms with Crippen LogP contribution in [-0.4, -0.2) is 60.2 Å². The molecule has 0 N–H and O–H groups in total. The summed E-state index contributed by atoms with van der Waals surface area (Å²) in [5.41, 5.74) is 2.69. The highest BCUT2D eigenvalue weighted by molar-refractivity contribution is 7.90. The van der Waals surface area contributed by atoms with Crippen molar-refractivity contribution in [1.82, 2.24) is 14.5 Å². The Morgan fingerprint density at radius 1 is 1.13 bits per heavy atom. The summed E-state index contributed by atoms with van der Waals surface area (Å²) in [7, 11) is -3.50. The maximum atomic E-state index is 11.8. The van der Waals surface area contributed by atoms with Crippen LogP contribution < -0.4 is 4.90 Å². The molecule has 2 aliphatic rings. The molecule has 1 saturated heterocycles. The molecule has 0 bridgehead atoms. The lowest BCUT2D eigenvalue weighted by Gasteiger charge is -2.36. The van der Waals surface area contributed by atoms with E-state index in [2.05, 4.69) is 16.4 Å². The molecule has 2 aromatic rings. The van der Waals surface area contributed by atoms with E-state index in [0.717, 1.165) is 44.5 Å². The second kappa shape index (κ2) is 7.99. The van der Waals surface area contributed by atoms with Gasteiger partial charge in [-0.2, -0.15) is 0 Å². The van der Waals surface area contributed by atoms with Crippen LogP contribution in [0.5, 0.6) is 0 Å². The van der Waals surface area contributed by atoms with Crippen LogP contribution in [0.25, 0.3) is 0 Å². The van der Waals surface area contributed by atoms with Gasteiger partial charge in [-0.1, -0.05) is 0 Å². The van der Waals surface area contributed by atoms with E-state index < -0.39 is 14.8 Å². The zero-order valence-electron chi connectivity index (χ0n) is 17.4. The van der Waals surface area contributed by atoms with Crippen LogP contribution in [0.4, 0.5) is 11.4 Å². The van der Waals surface area contributed by atoms with Gasteiger partial charge in [-0.15, -0.1) is 0 Å². The lowest BCUT2D eigenvalue weighted by Crippen LogP contribution is -2.46. The van der Waals surface area contributed by atoms with Crippen LogP contribution in [0.1, 0.15) is 30.1 Å². The van der Waals surface area contributed by atoms with E-state index in [4.69, 9.17) is 4.98 Å². The molecule has 0 unspecified atom stereocenters. The molecule has 1 aromatic heterocycles. The fourth-order valence-corrected chi connectivity index (χ4v) is 5.02. The fraction of sp³-hybridized carbons (Fsp3) is 0.550. The number of aryl methyl sites for hydroxylation is 2. The van der Waals surface area contributed by atoms with Gasteiger partial charge in [0.2, 0.25) is 0 Å².